The van der Waals surface area contributed by atoms with E-state index in [1.165, 1.54) is 34.4 Å². The summed E-state index contributed by atoms with van der Waals surface area (Å²) >= 11 is 0. The lowest BCUT2D eigenvalue weighted by atomic mass is 9.66. The molecule has 1 aromatic rings. The third-order valence-corrected chi connectivity index (χ3v) is 5.09. The molecule has 0 amide bonds. The van der Waals surface area contributed by atoms with Gasteiger partial charge >= 0.3 is 0 Å². The van der Waals surface area contributed by atoms with Crippen molar-refractivity contribution in [3.05, 3.63) is 76.2 Å². The van der Waals surface area contributed by atoms with E-state index in [0.29, 0.717) is 11.8 Å². The maximum Gasteiger partial charge on any atom is 0.0196 e. The van der Waals surface area contributed by atoms with E-state index in [4.69, 9.17) is 0 Å². The first-order valence-electron chi connectivity index (χ1n) is 7.53. The molecule has 0 saturated carbocycles. The molecule has 0 saturated heterocycles. The molecule has 5 rings (SSSR count). The number of hydrogen-bond donors (Lipinski definition) is 0. The highest BCUT2D eigenvalue weighted by molar-refractivity contribution is 5.87. The van der Waals surface area contributed by atoms with Gasteiger partial charge in [-0.1, -0.05) is 60.7 Å². The molecule has 0 radical (unpaired) electrons. The fraction of sp³-hybridized carbons (Fsp3) is 0.200. The van der Waals surface area contributed by atoms with Crippen molar-refractivity contribution in [3.8, 4) is 0 Å². The van der Waals surface area contributed by atoms with E-state index < -0.39 is 0 Å². The molecule has 0 fully saturated rings. The van der Waals surface area contributed by atoms with E-state index >= 15 is 0 Å². The number of hydrogen-bond acceptors (Lipinski definition) is 0. The van der Waals surface area contributed by atoms with Gasteiger partial charge in [-0.05, 0) is 45.6 Å². The Balaban J connectivity index is 1.99. The summed E-state index contributed by atoms with van der Waals surface area (Å²) in [5.74, 6) is 1.10. The van der Waals surface area contributed by atoms with Crippen LogP contribution in [0.2, 0.25) is 0 Å². The zero-order chi connectivity index (χ0) is 13.1. The van der Waals surface area contributed by atoms with E-state index in [9.17, 15) is 0 Å². The second kappa shape index (κ2) is 3.73. The topological polar surface area (TPSA) is 0 Å². The molecule has 0 aliphatic heterocycles. The molecule has 0 aromatic heterocycles. The number of benzene rings is 1. The molecule has 0 heterocycles. The van der Waals surface area contributed by atoms with Crippen molar-refractivity contribution in [1.82, 2.24) is 0 Å². The maximum absolute atomic E-state index is 2.40. The van der Waals surface area contributed by atoms with Gasteiger partial charge in [0, 0.05) is 11.8 Å². The molecule has 4 aliphatic rings. The minimum Gasteiger partial charge on any atom is -0.0767 e. The Labute approximate surface area is 118 Å². The van der Waals surface area contributed by atoms with Gasteiger partial charge in [0.2, 0.25) is 0 Å². The summed E-state index contributed by atoms with van der Waals surface area (Å²) < 4.78 is 0. The molecule has 0 N–H and O–H groups in total. The minimum absolute atomic E-state index is 0.546. The lowest BCUT2D eigenvalue weighted by Gasteiger charge is -2.38. The number of allylic oxidation sites excluding steroid dienone is 8. The third-order valence-electron chi connectivity index (χ3n) is 5.09. The highest BCUT2D eigenvalue weighted by Crippen LogP contribution is 2.46. The summed E-state index contributed by atoms with van der Waals surface area (Å²) in [6.45, 7) is 0. The fourth-order valence-corrected chi connectivity index (χ4v) is 4.30. The lowest BCUT2D eigenvalue weighted by molar-refractivity contribution is 0.646. The molecule has 2 atom stereocenters. The summed E-state index contributed by atoms with van der Waals surface area (Å²) in [4.78, 5) is 0. The van der Waals surface area contributed by atoms with Crippen LogP contribution in [0.25, 0.3) is 17.2 Å². The van der Waals surface area contributed by atoms with E-state index in [1.807, 2.05) is 0 Å². The normalized spacial score (nSPS) is 28.1. The molecule has 0 heteroatoms. The van der Waals surface area contributed by atoms with Crippen molar-refractivity contribution in [2.45, 2.75) is 12.8 Å². The van der Waals surface area contributed by atoms with Gasteiger partial charge in [-0.2, -0.15) is 0 Å². The van der Waals surface area contributed by atoms with Crippen molar-refractivity contribution in [1.29, 1.82) is 0 Å². The van der Waals surface area contributed by atoms with E-state index in [1.54, 1.807) is 11.1 Å². The van der Waals surface area contributed by atoms with Crippen LogP contribution in [0.15, 0.2) is 60.2 Å². The van der Waals surface area contributed by atoms with Crippen molar-refractivity contribution in [2.24, 2.45) is 11.8 Å². The Morgan fingerprint density at radius 2 is 1.80 bits per heavy atom. The van der Waals surface area contributed by atoms with Crippen LogP contribution >= 0.6 is 0 Å². The lowest BCUT2D eigenvalue weighted by Crippen LogP contribution is -2.40. The van der Waals surface area contributed by atoms with E-state index in [2.05, 4.69) is 60.7 Å². The van der Waals surface area contributed by atoms with Crippen molar-refractivity contribution < 1.29 is 0 Å². The van der Waals surface area contributed by atoms with Gasteiger partial charge in [0.25, 0.3) is 0 Å². The first kappa shape index (κ1) is 10.7. The zero-order valence-electron chi connectivity index (χ0n) is 11.3. The second-order valence-electron chi connectivity index (χ2n) is 6.06. The van der Waals surface area contributed by atoms with Crippen LogP contribution in [0.4, 0.5) is 0 Å². The van der Waals surface area contributed by atoms with Crippen LogP contribution in [0.1, 0.15) is 18.4 Å². The molecule has 4 aliphatic carbocycles. The zero-order valence-corrected chi connectivity index (χ0v) is 11.3. The van der Waals surface area contributed by atoms with Gasteiger partial charge in [0.05, 0.1) is 0 Å². The summed E-state index contributed by atoms with van der Waals surface area (Å²) in [6.07, 6.45) is 18.7. The van der Waals surface area contributed by atoms with Gasteiger partial charge in [0.15, 0.2) is 0 Å². The molecule has 1 aromatic carbocycles. The van der Waals surface area contributed by atoms with Crippen LogP contribution in [-0.4, -0.2) is 0 Å². The average Bonchev–Trinajstić information content (AvgIpc) is 2.52. The van der Waals surface area contributed by atoms with Crippen LogP contribution in [-0.2, 0) is 0 Å². The van der Waals surface area contributed by atoms with Crippen molar-refractivity contribution in [2.75, 3.05) is 0 Å². The fourth-order valence-electron chi connectivity index (χ4n) is 4.30. The van der Waals surface area contributed by atoms with Crippen LogP contribution in [0.3, 0.4) is 0 Å². The molecule has 0 spiro atoms. The van der Waals surface area contributed by atoms with Gasteiger partial charge in [-0.3, -0.25) is 0 Å². The second-order valence-corrected chi connectivity index (χ2v) is 6.06. The van der Waals surface area contributed by atoms with Gasteiger partial charge in [-0.15, -0.1) is 0 Å². The summed E-state index contributed by atoms with van der Waals surface area (Å²) in [5.41, 5.74) is 6.16. The quantitative estimate of drug-likeness (QED) is 0.669. The Morgan fingerprint density at radius 3 is 2.70 bits per heavy atom. The number of fused-ring (bicyclic) bond motifs is 2. The predicted molar refractivity (Wildman–Crippen MR) is 84.1 cm³/mol. The highest BCUT2D eigenvalue weighted by atomic mass is 14.4. The Kier molecular flexibility index (Phi) is 1.99. The highest BCUT2D eigenvalue weighted by Gasteiger charge is 2.35. The van der Waals surface area contributed by atoms with Crippen LogP contribution < -0.4 is 10.4 Å². The predicted octanol–water partition coefficient (Wildman–Crippen LogP) is 3.11. The summed E-state index contributed by atoms with van der Waals surface area (Å²) in [6, 6.07) is 6.80. The standard InChI is InChI=1S/C20H16/c1-5-13-6-2-11-17-18-12-4-8-14-7-3-10-16(20(14)18)15(9-1)19(13)17/h1-3,5-11,13,19H,4,12H2. The Bertz CT molecular complexity index is 856. The van der Waals surface area contributed by atoms with Crippen LogP contribution in [0, 0.1) is 11.8 Å². The average molecular weight is 256 g/mol. The third kappa shape index (κ3) is 1.22. The van der Waals surface area contributed by atoms with E-state index in [0.717, 1.165) is 0 Å². The molecule has 20 heavy (non-hydrogen) atoms. The largest absolute Gasteiger partial charge is 0.0767 e. The Hall–Kier alpha value is -2.08. The molecule has 2 unspecified atom stereocenters. The first-order valence-corrected chi connectivity index (χ1v) is 7.53. The summed E-state index contributed by atoms with van der Waals surface area (Å²) in [7, 11) is 0. The van der Waals surface area contributed by atoms with Crippen molar-refractivity contribution in [3.63, 3.8) is 0 Å². The maximum atomic E-state index is 2.40. The van der Waals surface area contributed by atoms with Crippen molar-refractivity contribution >= 4 is 17.2 Å². The molecular weight excluding hydrogens is 240 g/mol. The van der Waals surface area contributed by atoms with Gasteiger partial charge in [0.1, 0.15) is 0 Å². The monoisotopic (exact) mass is 256 g/mol. The summed E-state index contributed by atoms with van der Waals surface area (Å²) in [5, 5.41) is 2.95. The first-order chi connectivity index (χ1) is 9.93. The molecular formula is C20H16. The molecule has 96 valence electrons. The molecule has 0 nitrogen and oxygen atoms in total. The molecule has 0 bridgehead atoms. The van der Waals surface area contributed by atoms with Gasteiger partial charge in [-0.25, -0.2) is 0 Å². The SMILES string of the molecule is C1=CC2C=CC=C3c4cccc5c4=C(CCC=5)C(=C1)C32. The van der Waals surface area contributed by atoms with Crippen LogP contribution in [0.5, 0.6) is 0 Å². The number of rotatable bonds is 0. The van der Waals surface area contributed by atoms with E-state index in [-0.39, 0.29) is 0 Å². The Morgan fingerprint density at radius 1 is 0.950 bits per heavy atom. The minimum atomic E-state index is 0.546. The van der Waals surface area contributed by atoms with Gasteiger partial charge < -0.3 is 0 Å². The smallest absolute Gasteiger partial charge is 0.0196 e.